The molecular formula is C16H12Cl2N2O3. The van der Waals surface area contributed by atoms with E-state index in [0.29, 0.717) is 27.1 Å². The Labute approximate surface area is 142 Å². The van der Waals surface area contributed by atoms with Gasteiger partial charge in [-0.1, -0.05) is 41.4 Å². The van der Waals surface area contributed by atoms with Gasteiger partial charge in [-0.05, 0) is 24.3 Å². The van der Waals surface area contributed by atoms with E-state index in [4.69, 9.17) is 32.7 Å². The summed E-state index contributed by atoms with van der Waals surface area (Å²) in [6, 6.07) is 12.3. The summed E-state index contributed by atoms with van der Waals surface area (Å²) in [5, 5.41) is 4.76. The van der Waals surface area contributed by atoms with Crippen molar-refractivity contribution in [2.75, 3.05) is 6.61 Å². The van der Waals surface area contributed by atoms with Crippen LogP contribution in [0.4, 0.5) is 0 Å². The predicted octanol–water partition coefficient (Wildman–Crippen LogP) is 3.28. The molecule has 2 aromatic rings. The number of hydrazone groups is 1. The van der Waals surface area contributed by atoms with Crippen LogP contribution in [-0.2, 0) is 4.79 Å². The molecule has 1 aliphatic rings. The summed E-state index contributed by atoms with van der Waals surface area (Å²) in [6.45, 7) is 0.116. The van der Waals surface area contributed by atoms with E-state index in [1.54, 1.807) is 36.4 Å². The van der Waals surface area contributed by atoms with Crippen LogP contribution < -0.4 is 14.9 Å². The lowest BCUT2D eigenvalue weighted by Gasteiger charge is -2.24. The maximum absolute atomic E-state index is 12.1. The fourth-order valence-electron chi connectivity index (χ4n) is 2.02. The van der Waals surface area contributed by atoms with Crippen LogP contribution in [0.3, 0.4) is 0 Å². The molecule has 23 heavy (non-hydrogen) atoms. The van der Waals surface area contributed by atoms with Crippen molar-refractivity contribution >= 4 is 35.3 Å². The highest BCUT2D eigenvalue weighted by Crippen LogP contribution is 2.30. The van der Waals surface area contributed by atoms with Crippen LogP contribution in [0.15, 0.2) is 47.6 Å². The van der Waals surface area contributed by atoms with Crippen molar-refractivity contribution < 1.29 is 14.3 Å². The second-order valence-corrected chi connectivity index (χ2v) is 5.55. The molecule has 1 heterocycles. The number of carbonyl (C=O) groups is 1. The minimum atomic E-state index is -0.774. The number of nitrogens with one attached hydrogen (secondary N) is 1. The van der Waals surface area contributed by atoms with Crippen molar-refractivity contribution in [1.29, 1.82) is 0 Å². The Morgan fingerprint density at radius 1 is 1.13 bits per heavy atom. The molecule has 0 saturated carbocycles. The molecular weight excluding hydrogens is 339 g/mol. The number of ether oxygens (including phenoxy) is 2. The topological polar surface area (TPSA) is 59.9 Å². The minimum Gasteiger partial charge on any atom is -0.485 e. The van der Waals surface area contributed by atoms with E-state index in [2.05, 4.69) is 10.5 Å². The normalized spacial score (nSPS) is 16.3. The number of hydrogen-bond donors (Lipinski definition) is 1. The van der Waals surface area contributed by atoms with Gasteiger partial charge in [-0.3, -0.25) is 4.79 Å². The van der Waals surface area contributed by atoms with Crippen molar-refractivity contribution in [2.45, 2.75) is 6.10 Å². The fraction of sp³-hybridized carbons (Fsp3) is 0.125. The largest absolute Gasteiger partial charge is 0.485 e. The second-order valence-electron chi connectivity index (χ2n) is 4.73. The Bertz CT molecular complexity index is 744. The SMILES string of the molecule is O=C(NN=Cc1c(Cl)cccc1Cl)C1COc2ccccc2O1. The first-order chi connectivity index (χ1) is 11.1. The fourth-order valence-corrected chi connectivity index (χ4v) is 2.51. The quantitative estimate of drug-likeness (QED) is 0.682. The molecule has 3 rings (SSSR count). The molecule has 0 radical (unpaired) electrons. The Morgan fingerprint density at radius 2 is 1.83 bits per heavy atom. The number of rotatable bonds is 3. The number of nitrogens with zero attached hydrogens (tertiary/aromatic N) is 1. The van der Waals surface area contributed by atoms with Crippen molar-refractivity contribution in [1.82, 2.24) is 5.43 Å². The maximum Gasteiger partial charge on any atom is 0.284 e. The lowest BCUT2D eigenvalue weighted by atomic mass is 10.2. The lowest BCUT2D eigenvalue weighted by molar-refractivity contribution is -0.130. The predicted molar refractivity (Wildman–Crippen MR) is 88.6 cm³/mol. The van der Waals surface area contributed by atoms with E-state index in [9.17, 15) is 4.79 Å². The first kappa shape index (κ1) is 15.6. The average Bonchev–Trinajstić information content (AvgIpc) is 2.57. The van der Waals surface area contributed by atoms with E-state index >= 15 is 0 Å². The Kier molecular flexibility index (Phi) is 4.69. The number of benzene rings is 2. The molecule has 0 spiro atoms. The summed E-state index contributed by atoms with van der Waals surface area (Å²) in [5.74, 6) is 0.721. The van der Waals surface area contributed by atoms with E-state index in [1.807, 2.05) is 6.07 Å². The van der Waals surface area contributed by atoms with Crippen molar-refractivity contribution in [3.63, 3.8) is 0 Å². The standard InChI is InChI=1S/C16H12Cl2N2O3/c17-11-4-3-5-12(18)10(11)8-19-20-16(21)15-9-22-13-6-1-2-7-14(13)23-15/h1-8,15H,9H2,(H,20,21). The van der Waals surface area contributed by atoms with Gasteiger partial charge in [-0.2, -0.15) is 5.10 Å². The van der Waals surface area contributed by atoms with E-state index in [1.165, 1.54) is 6.21 Å². The smallest absolute Gasteiger partial charge is 0.284 e. The zero-order valence-electron chi connectivity index (χ0n) is 11.8. The molecule has 0 saturated heterocycles. The van der Waals surface area contributed by atoms with Crippen molar-refractivity contribution in [3.8, 4) is 11.5 Å². The van der Waals surface area contributed by atoms with E-state index < -0.39 is 12.0 Å². The molecule has 5 nitrogen and oxygen atoms in total. The molecule has 0 aromatic heterocycles. The lowest BCUT2D eigenvalue weighted by Crippen LogP contribution is -2.42. The summed E-state index contributed by atoms with van der Waals surface area (Å²) in [4.78, 5) is 12.1. The molecule has 1 aliphatic heterocycles. The van der Waals surface area contributed by atoms with Gasteiger partial charge in [0.05, 0.1) is 16.3 Å². The van der Waals surface area contributed by atoms with E-state index in [0.717, 1.165) is 0 Å². The molecule has 1 atom stereocenters. The molecule has 0 aliphatic carbocycles. The minimum absolute atomic E-state index is 0.116. The monoisotopic (exact) mass is 350 g/mol. The average molecular weight is 351 g/mol. The third kappa shape index (κ3) is 3.57. The van der Waals surface area contributed by atoms with Gasteiger partial charge < -0.3 is 9.47 Å². The zero-order chi connectivity index (χ0) is 16.2. The summed E-state index contributed by atoms with van der Waals surface area (Å²) in [6.07, 6.45) is 0.615. The highest BCUT2D eigenvalue weighted by Gasteiger charge is 2.26. The van der Waals surface area contributed by atoms with Gasteiger partial charge >= 0.3 is 0 Å². The number of para-hydroxylation sites is 2. The van der Waals surface area contributed by atoms with Crippen LogP contribution in [0.1, 0.15) is 5.56 Å². The van der Waals surface area contributed by atoms with Gasteiger partial charge in [0.25, 0.3) is 5.91 Å². The summed E-state index contributed by atoms with van der Waals surface area (Å²) in [5.41, 5.74) is 2.92. The Morgan fingerprint density at radius 3 is 2.57 bits per heavy atom. The molecule has 1 unspecified atom stereocenters. The molecule has 0 fully saturated rings. The molecule has 1 amide bonds. The van der Waals surface area contributed by atoms with Gasteiger partial charge in [-0.25, -0.2) is 5.43 Å². The van der Waals surface area contributed by atoms with Crippen molar-refractivity contribution in [3.05, 3.63) is 58.1 Å². The molecule has 7 heteroatoms. The number of amides is 1. The first-order valence-corrected chi connectivity index (χ1v) is 7.56. The Balaban J connectivity index is 1.63. The second kappa shape index (κ2) is 6.89. The van der Waals surface area contributed by atoms with Gasteiger partial charge in [0.15, 0.2) is 11.5 Å². The first-order valence-electron chi connectivity index (χ1n) is 6.80. The van der Waals surface area contributed by atoms with Crippen molar-refractivity contribution in [2.24, 2.45) is 5.10 Å². The van der Waals surface area contributed by atoms with Crippen LogP contribution in [0.25, 0.3) is 0 Å². The van der Waals surface area contributed by atoms with Gasteiger partial charge in [0, 0.05) is 5.56 Å². The third-order valence-corrected chi connectivity index (χ3v) is 3.83. The number of halogens is 2. The Hall–Kier alpha value is -2.24. The number of hydrogen-bond acceptors (Lipinski definition) is 4. The molecule has 0 bridgehead atoms. The van der Waals surface area contributed by atoms with Gasteiger partial charge in [-0.15, -0.1) is 0 Å². The highest BCUT2D eigenvalue weighted by molar-refractivity contribution is 6.38. The molecule has 1 N–H and O–H groups in total. The third-order valence-electron chi connectivity index (χ3n) is 3.17. The summed E-state index contributed by atoms with van der Waals surface area (Å²) < 4.78 is 11.1. The number of carbonyl (C=O) groups excluding carboxylic acids is 1. The molecule has 2 aromatic carbocycles. The summed E-state index contributed by atoms with van der Waals surface area (Å²) >= 11 is 12.0. The van der Waals surface area contributed by atoms with Crippen LogP contribution in [0, 0.1) is 0 Å². The van der Waals surface area contributed by atoms with Crippen LogP contribution >= 0.6 is 23.2 Å². The maximum atomic E-state index is 12.1. The van der Waals surface area contributed by atoms with Crippen LogP contribution in [-0.4, -0.2) is 24.8 Å². The highest BCUT2D eigenvalue weighted by atomic mass is 35.5. The zero-order valence-corrected chi connectivity index (χ0v) is 13.3. The van der Waals surface area contributed by atoms with Crippen LogP contribution in [0.5, 0.6) is 11.5 Å². The van der Waals surface area contributed by atoms with Crippen LogP contribution in [0.2, 0.25) is 10.0 Å². The van der Waals surface area contributed by atoms with Gasteiger partial charge in [0.2, 0.25) is 6.10 Å². The molecule has 118 valence electrons. The number of fused-ring (bicyclic) bond motifs is 1. The van der Waals surface area contributed by atoms with Gasteiger partial charge in [0.1, 0.15) is 6.61 Å². The summed E-state index contributed by atoms with van der Waals surface area (Å²) in [7, 11) is 0. The van der Waals surface area contributed by atoms with E-state index in [-0.39, 0.29) is 6.61 Å².